The molecule has 16 heavy (non-hydrogen) atoms. The van der Waals surface area contributed by atoms with E-state index in [4.69, 9.17) is 15.0 Å². The first-order valence-electron chi connectivity index (χ1n) is 4.96. The summed E-state index contributed by atoms with van der Waals surface area (Å²) in [5.74, 6) is 1.18. The highest BCUT2D eigenvalue weighted by Gasteiger charge is 2.12. The van der Waals surface area contributed by atoms with E-state index in [1.54, 1.807) is 7.11 Å². The van der Waals surface area contributed by atoms with E-state index in [1.165, 1.54) is 11.3 Å². The molecular weight excluding hydrogens is 226 g/mol. The normalized spacial score (nSPS) is 10.8. The van der Waals surface area contributed by atoms with Gasteiger partial charge in [-0.25, -0.2) is 0 Å². The second-order valence-electron chi connectivity index (χ2n) is 3.31. The number of nitrogens with two attached hydrogens (primary N) is 1. The molecule has 2 aromatic rings. The van der Waals surface area contributed by atoms with Crippen LogP contribution in [0.15, 0.2) is 16.0 Å². The summed E-state index contributed by atoms with van der Waals surface area (Å²) in [7, 11) is 1.67. The van der Waals surface area contributed by atoms with Crippen LogP contribution in [-0.2, 0) is 11.2 Å². The molecule has 0 fully saturated rings. The van der Waals surface area contributed by atoms with Crippen molar-refractivity contribution in [1.82, 2.24) is 10.1 Å². The quantitative estimate of drug-likeness (QED) is 0.807. The van der Waals surface area contributed by atoms with Gasteiger partial charge in [-0.05, 0) is 17.9 Å². The fourth-order valence-corrected chi connectivity index (χ4v) is 1.97. The lowest BCUT2D eigenvalue weighted by molar-refractivity contribution is 0.194. The molecule has 2 rings (SSSR count). The Kier molecular flexibility index (Phi) is 3.53. The summed E-state index contributed by atoms with van der Waals surface area (Å²) < 4.78 is 10.1. The third-order valence-electron chi connectivity index (χ3n) is 2.14. The average Bonchev–Trinajstić information content (AvgIpc) is 2.87. The summed E-state index contributed by atoms with van der Waals surface area (Å²) in [6, 6.07) is 1.88. The van der Waals surface area contributed by atoms with Gasteiger partial charge in [-0.3, -0.25) is 0 Å². The van der Waals surface area contributed by atoms with E-state index < -0.39 is 0 Å². The number of nitrogen functional groups attached to an aromatic ring is 1. The molecule has 0 radical (unpaired) electrons. The Hall–Kier alpha value is -1.40. The maximum atomic E-state index is 5.77. The Balaban J connectivity index is 2.05. The summed E-state index contributed by atoms with van der Waals surface area (Å²) in [6.07, 6.45) is 1.63. The molecule has 0 saturated heterocycles. The van der Waals surface area contributed by atoms with E-state index >= 15 is 0 Å². The number of aryl methyl sites for hydroxylation is 1. The molecule has 2 aromatic heterocycles. The van der Waals surface area contributed by atoms with Crippen LogP contribution in [0, 0.1) is 0 Å². The van der Waals surface area contributed by atoms with Crippen LogP contribution in [0.4, 0.5) is 5.00 Å². The molecule has 0 bridgehead atoms. The van der Waals surface area contributed by atoms with E-state index in [0.717, 1.165) is 18.4 Å². The number of aromatic nitrogens is 2. The minimum Gasteiger partial charge on any atom is -0.390 e. The molecule has 2 N–H and O–H groups in total. The zero-order valence-electron chi connectivity index (χ0n) is 8.97. The van der Waals surface area contributed by atoms with Crippen LogP contribution in [0.25, 0.3) is 11.5 Å². The highest BCUT2D eigenvalue weighted by atomic mass is 32.1. The molecular formula is C10H13N3O2S. The second-order valence-corrected chi connectivity index (χ2v) is 4.26. The topological polar surface area (TPSA) is 74.2 Å². The van der Waals surface area contributed by atoms with Gasteiger partial charge in [0, 0.05) is 20.1 Å². The molecule has 0 atom stereocenters. The lowest BCUT2D eigenvalue weighted by Gasteiger charge is -1.93. The Morgan fingerprint density at radius 1 is 1.56 bits per heavy atom. The van der Waals surface area contributed by atoms with Gasteiger partial charge in [-0.1, -0.05) is 5.16 Å². The maximum absolute atomic E-state index is 5.77. The highest BCUT2D eigenvalue weighted by Crippen LogP contribution is 2.28. The van der Waals surface area contributed by atoms with Crippen LogP contribution in [0.3, 0.4) is 0 Å². The first kappa shape index (κ1) is 11.1. The molecule has 5 nitrogen and oxygen atoms in total. The molecule has 0 saturated carbocycles. The molecule has 0 amide bonds. The van der Waals surface area contributed by atoms with Crippen molar-refractivity contribution in [2.75, 3.05) is 19.5 Å². The summed E-state index contributed by atoms with van der Waals surface area (Å²) in [4.78, 5) is 4.28. The van der Waals surface area contributed by atoms with Gasteiger partial charge in [-0.2, -0.15) is 4.98 Å². The minimum absolute atomic E-state index is 0.492. The van der Waals surface area contributed by atoms with Crippen LogP contribution in [0.5, 0.6) is 0 Å². The highest BCUT2D eigenvalue weighted by molar-refractivity contribution is 7.14. The first-order valence-corrected chi connectivity index (χ1v) is 5.84. The Labute approximate surface area is 97.2 Å². The van der Waals surface area contributed by atoms with Gasteiger partial charge in [0.15, 0.2) is 5.82 Å². The average molecular weight is 239 g/mol. The Morgan fingerprint density at radius 3 is 3.12 bits per heavy atom. The fraction of sp³-hybridized carbons (Fsp3) is 0.400. The number of methoxy groups -OCH3 is 1. The minimum atomic E-state index is 0.492. The first-order chi connectivity index (χ1) is 7.81. The molecule has 0 aliphatic rings. The second kappa shape index (κ2) is 5.09. The number of thiophene rings is 1. The van der Waals surface area contributed by atoms with Gasteiger partial charge >= 0.3 is 0 Å². The predicted molar refractivity (Wildman–Crippen MR) is 62.2 cm³/mol. The molecule has 0 aliphatic carbocycles. The van der Waals surface area contributed by atoms with Crippen LogP contribution in [0.2, 0.25) is 0 Å². The molecule has 0 unspecified atom stereocenters. The van der Waals surface area contributed by atoms with Crippen molar-refractivity contribution in [3.63, 3.8) is 0 Å². The van der Waals surface area contributed by atoms with Crippen LogP contribution < -0.4 is 5.73 Å². The van der Waals surface area contributed by atoms with Crippen LogP contribution >= 0.6 is 11.3 Å². The number of ether oxygens (including phenoxy) is 1. The molecule has 0 spiro atoms. The summed E-state index contributed by atoms with van der Waals surface area (Å²) in [5.41, 5.74) is 6.59. The van der Waals surface area contributed by atoms with E-state index in [9.17, 15) is 0 Å². The molecule has 86 valence electrons. The summed E-state index contributed by atoms with van der Waals surface area (Å²) in [5, 5.41) is 6.50. The third kappa shape index (κ3) is 2.40. The van der Waals surface area contributed by atoms with Crippen molar-refractivity contribution in [3.05, 3.63) is 17.3 Å². The van der Waals surface area contributed by atoms with Crippen molar-refractivity contribution < 1.29 is 9.26 Å². The van der Waals surface area contributed by atoms with Crippen LogP contribution in [-0.4, -0.2) is 23.9 Å². The van der Waals surface area contributed by atoms with Crippen molar-refractivity contribution in [1.29, 1.82) is 0 Å². The van der Waals surface area contributed by atoms with Crippen LogP contribution in [0.1, 0.15) is 12.2 Å². The standard InChI is InChI=1S/C10H13N3O2S/c1-14-5-2-3-8-12-10(15-13-8)7-4-6-16-9(7)11/h4,6H,2-3,5,11H2,1H3. The number of hydrogen-bond acceptors (Lipinski definition) is 6. The molecule has 6 heteroatoms. The maximum Gasteiger partial charge on any atom is 0.260 e. The van der Waals surface area contributed by atoms with Crippen molar-refractivity contribution in [3.8, 4) is 11.5 Å². The van der Waals surface area contributed by atoms with Crippen molar-refractivity contribution in [2.45, 2.75) is 12.8 Å². The molecule has 2 heterocycles. The van der Waals surface area contributed by atoms with Gasteiger partial charge in [0.2, 0.25) is 0 Å². The number of rotatable bonds is 5. The van der Waals surface area contributed by atoms with E-state index in [2.05, 4.69) is 10.1 Å². The summed E-state index contributed by atoms with van der Waals surface area (Å²) >= 11 is 1.46. The number of hydrogen-bond donors (Lipinski definition) is 1. The van der Waals surface area contributed by atoms with E-state index in [-0.39, 0.29) is 0 Å². The zero-order valence-corrected chi connectivity index (χ0v) is 9.79. The van der Waals surface area contributed by atoms with E-state index in [1.807, 2.05) is 11.4 Å². The largest absolute Gasteiger partial charge is 0.390 e. The van der Waals surface area contributed by atoms with Gasteiger partial charge in [0.05, 0.1) is 10.6 Å². The monoisotopic (exact) mass is 239 g/mol. The lowest BCUT2D eigenvalue weighted by Crippen LogP contribution is -1.94. The third-order valence-corrected chi connectivity index (χ3v) is 2.89. The van der Waals surface area contributed by atoms with Gasteiger partial charge in [0.25, 0.3) is 5.89 Å². The lowest BCUT2D eigenvalue weighted by atomic mass is 10.3. The van der Waals surface area contributed by atoms with Gasteiger partial charge in [-0.15, -0.1) is 11.3 Å². The van der Waals surface area contributed by atoms with E-state index in [0.29, 0.717) is 23.3 Å². The predicted octanol–water partition coefficient (Wildman–Crippen LogP) is 1.96. The molecule has 0 aromatic carbocycles. The zero-order chi connectivity index (χ0) is 11.4. The SMILES string of the molecule is COCCCc1noc(-c2ccsc2N)n1. The van der Waals surface area contributed by atoms with Crippen molar-refractivity contribution >= 4 is 16.3 Å². The smallest absolute Gasteiger partial charge is 0.260 e. The number of nitrogens with zero attached hydrogens (tertiary/aromatic N) is 2. The Bertz CT molecular complexity index is 452. The Morgan fingerprint density at radius 2 is 2.44 bits per heavy atom. The fourth-order valence-electron chi connectivity index (χ4n) is 1.34. The van der Waals surface area contributed by atoms with Crippen molar-refractivity contribution in [2.24, 2.45) is 0 Å². The number of anilines is 1. The summed E-state index contributed by atoms with van der Waals surface area (Å²) in [6.45, 7) is 0.699. The van der Waals surface area contributed by atoms with Gasteiger partial charge in [0.1, 0.15) is 0 Å². The molecule has 0 aliphatic heterocycles. The van der Waals surface area contributed by atoms with Gasteiger partial charge < -0.3 is 15.0 Å².